The first-order valence-corrected chi connectivity index (χ1v) is 12.2. The van der Waals surface area contributed by atoms with E-state index >= 15 is 0 Å². The number of nitrogens with zero attached hydrogens (tertiary/aromatic N) is 1. The van der Waals surface area contributed by atoms with E-state index in [0.29, 0.717) is 42.3 Å². The second-order valence-electron chi connectivity index (χ2n) is 8.34. The maximum absolute atomic E-state index is 13.4. The first-order chi connectivity index (χ1) is 15.2. The molecule has 1 fully saturated rings. The molecule has 0 bridgehead atoms. The third kappa shape index (κ3) is 5.07. The highest BCUT2D eigenvalue weighted by atomic mass is 32.2. The fraction of sp³-hybridized carbons (Fsp3) is 0.458. The monoisotopic (exact) mass is 460 g/mol. The van der Waals surface area contributed by atoms with Gasteiger partial charge in [-0.2, -0.15) is 4.31 Å². The normalized spacial score (nSPS) is 17.1. The zero-order chi connectivity index (χ0) is 23.5. The minimum atomic E-state index is -3.67. The number of benzene rings is 2. The molecule has 1 amide bonds. The van der Waals surface area contributed by atoms with Gasteiger partial charge in [-0.25, -0.2) is 8.42 Å². The number of amides is 1. The average molecular weight is 461 g/mol. The van der Waals surface area contributed by atoms with Crippen molar-refractivity contribution in [3.8, 4) is 11.5 Å². The van der Waals surface area contributed by atoms with Crippen molar-refractivity contribution in [3.05, 3.63) is 52.6 Å². The molecule has 2 aromatic rings. The molecule has 1 heterocycles. The van der Waals surface area contributed by atoms with Gasteiger partial charge in [0.2, 0.25) is 15.9 Å². The maximum atomic E-state index is 13.4. The van der Waals surface area contributed by atoms with E-state index in [0.717, 1.165) is 22.3 Å². The van der Waals surface area contributed by atoms with Crippen LogP contribution in [0.4, 0.5) is 0 Å². The lowest BCUT2D eigenvalue weighted by Crippen LogP contribution is -2.45. The zero-order valence-corrected chi connectivity index (χ0v) is 20.2. The second-order valence-corrected chi connectivity index (χ2v) is 10.2. The van der Waals surface area contributed by atoms with E-state index in [4.69, 9.17) is 9.47 Å². The number of hydrogen-bond acceptors (Lipinski definition) is 5. The van der Waals surface area contributed by atoms with Crippen LogP contribution in [0.3, 0.4) is 0 Å². The largest absolute Gasteiger partial charge is 0.493 e. The van der Waals surface area contributed by atoms with Gasteiger partial charge in [-0.3, -0.25) is 4.79 Å². The highest BCUT2D eigenvalue weighted by Gasteiger charge is 2.34. The number of sulfonamides is 1. The summed E-state index contributed by atoms with van der Waals surface area (Å²) in [6.07, 6.45) is 1.31. The number of carbonyl (C=O) groups is 1. The van der Waals surface area contributed by atoms with Crippen molar-refractivity contribution < 1.29 is 22.7 Å². The lowest BCUT2D eigenvalue weighted by molar-refractivity contribution is -0.126. The maximum Gasteiger partial charge on any atom is 0.243 e. The lowest BCUT2D eigenvalue weighted by Gasteiger charge is -2.32. The first-order valence-electron chi connectivity index (χ1n) is 10.7. The van der Waals surface area contributed by atoms with E-state index in [-0.39, 0.29) is 18.4 Å². The molecule has 3 rings (SSSR count). The minimum Gasteiger partial charge on any atom is -0.493 e. The van der Waals surface area contributed by atoms with Crippen molar-refractivity contribution in [2.45, 2.75) is 45.1 Å². The number of piperidine rings is 1. The summed E-state index contributed by atoms with van der Waals surface area (Å²) in [4.78, 5) is 13.2. The summed E-state index contributed by atoms with van der Waals surface area (Å²) in [5.41, 5.74) is 3.39. The summed E-state index contributed by atoms with van der Waals surface area (Å²) in [6, 6.07) is 9.25. The zero-order valence-electron chi connectivity index (χ0n) is 19.4. The van der Waals surface area contributed by atoms with E-state index < -0.39 is 10.0 Å². The van der Waals surface area contributed by atoms with Gasteiger partial charge in [-0.15, -0.1) is 0 Å². The fourth-order valence-electron chi connectivity index (χ4n) is 4.40. The molecule has 0 saturated carbocycles. The van der Waals surface area contributed by atoms with Crippen LogP contribution < -0.4 is 14.8 Å². The third-order valence-electron chi connectivity index (χ3n) is 5.87. The molecule has 2 aromatic carbocycles. The van der Waals surface area contributed by atoms with Crippen LogP contribution in [0.1, 0.15) is 35.1 Å². The van der Waals surface area contributed by atoms with Crippen LogP contribution in [0.2, 0.25) is 0 Å². The van der Waals surface area contributed by atoms with Crippen molar-refractivity contribution in [2.24, 2.45) is 5.92 Å². The molecule has 174 valence electrons. The van der Waals surface area contributed by atoms with Crippen molar-refractivity contribution in [3.63, 3.8) is 0 Å². The summed E-state index contributed by atoms with van der Waals surface area (Å²) < 4.78 is 38.8. The Balaban J connectivity index is 1.70. The van der Waals surface area contributed by atoms with Crippen LogP contribution in [-0.4, -0.2) is 45.9 Å². The van der Waals surface area contributed by atoms with Crippen molar-refractivity contribution in [2.75, 3.05) is 27.3 Å². The van der Waals surface area contributed by atoms with Crippen molar-refractivity contribution in [1.82, 2.24) is 9.62 Å². The summed E-state index contributed by atoms with van der Waals surface area (Å²) in [5.74, 6) is 0.692. The van der Waals surface area contributed by atoms with E-state index in [2.05, 4.69) is 5.32 Å². The highest BCUT2D eigenvalue weighted by molar-refractivity contribution is 7.89. The van der Waals surface area contributed by atoms with Crippen LogP contribution in [0, 0.1) is 26.7 Å². The Morgan fingerprint density at radius 2 is 1.72 bits per heavy atom. The number of hydrogen-bond donors (Lipinski definition) is 1. The van der Waals surface area contributed by atoms with E-state index in [1.165, 1.54) is 4.31 Å². The summed E-state index contributed by atoms with van der Waals surface area (Å²) in [7, 11) is -0.532. The molecular formula is C24H32N2O5S. The fourth-order valence-corrected chi connectivity index (χ4v) is 6.34. The Bertz CT molecular complexity index is 1070. The van der Waals surface area contributed by atoms with Gasteiger partial charge in [-0.05, 0) is 62.4 Å². The standard InChI is InChI=1S/C24H32N2O5S/c1-16-11-17(2)23(18(3)12-16)32(28,29)26-10-6-7-20(15-26)24(27)25-14-19-8-9-21(30-4)22(13-19)31-5/h8-9,11-13,20H,6-7,10,14-15H2,1-5H3,(H,25,27)/t20-/m1/s1. The van der Waals surface area contributed by atoms with Gasteiger partial charge in [0.25, 0.3) is 0 Å². The summed E-state index contributed by atoms with van der Waals surface area (Å²) in [5, 5.41) is 2.94. The average Bonchev–Trinajstić information content (AvgIpc) is 2.76. The highest BCUT2D eigenvalue weighted by Crippen LogP contribution is 2.30. The molecular weight excluding hydrogens is 428 g/mol. The third-order valence-corrected chi connectivity index (χ3v) is 8.04. The molecule has 1 N–H and O–H groups in total. The van der Waals surface area contributed by atoms with E-state index in [1.807, 2.05) is 45.0 Å². The number of aryl methyl sites for hydroxylation is 3. The van der Waals surface area contributed by atoms with Crippen LogP contribution in [-0.2, 0) is 21.4 Å². The molecule has 1 aliphatic rings. The molecule has 1 aliphatic heterocycles. The molecule has 0 unspecified atom stereocenters. The topological polar surface area (TPSA) is 84.9 Å². The van der Waals surface area contributed by atoms with Crippen LogP contribution in [0.25, 0.3) is 0 Å². The molecule has 32 heavy (non-hydrogen) atoms. The predicted octanol–water partition coefficient (Wildman–Crippen LogP) is 3.35. The second kappa shape index (κ2) is 9.92. The van der Waals surface area contributed by atoms with Gasteiger partial charge in [0.05, 0.1) is 25.0 Å². The van der Waals surface area contributed by atoms with Crippen molar-refractivity contribution in [1.29, 1.82) is 0 Å². The molecule has 0 spiro atoms. The summed E-state index contributed by atoms with van der Waals surface area (Å²) >= 11 is 0. The smallest absolute Gasteiger partial charge is 0.243 e. The van der Waals surface area contributed by atoms with E-state index in [9.17, 15) is 13.2 Å². The molecule has 0 aliphatic carbocycles. The Morgan fingerprint density at radius 1 is 1.06 bits per heavy atom. The lowest BCUT2D eigenvalue weighted by atomic mass is 9.98. The molecule has 1 atom stereocenters. The van der Waals surface area contributed by atoms with Gasteiger partial charge in [0, 0.05) is 19.6 Å². The summed E-state index contributed by atoms with van der Waals surface area (Å²) in [6.45, 7) is 6.55. The molecule has 1 saturated heterocycles. The quantitative estimate of drug-likeness (QED) is 0.685. The van der Waals surface area contributed by atoms with Gasteiger partial charge in [0.1, 0.15) is 0 Å². The van der Waals surface area contributed by atoms with Crippen molar-refractivity contribution >= 4 is 15.9 Å². The molecule has 0 radical (unpaired) electrons. The number of methoxy groups -OCH3 is 2. The number of rotatable bonds is 7. The first kappa shape index (κ1) is 24.1. The van der Waals surface area contributed by atoms with Gasteiger partial charge in [0.15, 0.2) is 11.5 Å². The number of ether oxygens (including phenoxy) is 2. The van der Waals surface area contributed by atoms with Crippen LogP contribution in [0.5, 0.6) is 11.5 Å². The van der Waals surface area contributed by atoms with Crippen LogP contribution >= 0.6 is 0 Å². The molecule has 7 nitrogen and oxygen atoms in total. The Kier molecular flexibility index (Phi) is 7.46. The van der Waals surface area contributed by atoms with Gasteiger partial charge < -0.3 is 14.8 Å². The van der Waals surface area contributed by atoms with Gasteiger partial charge in [-0.1, -0.05) is 23.8 Å². The molecule has 8 heteroatoms. The SMILES string of the molecule is COc1ccc(CNC(=O)[C@@H]2CCCN(S(=O)(=O)c3c(C)cc(C)cc3C)C2)cc1OC. The Morgan fingerprint density at radius 3 is 2.34 bits per heavy atom. The minimum absolute atomic E-state index is 0.142. The van der Waals surface area contributed by atoms with E-state index in [1.54, 1.807) is 20.3 Å². The van der Waals surface area contributed by atoms with Crippen LogP contribution in [0.15, 0.2) is 35.2 Å². The Labute approximate surface area is 190 Å². The Hall–Kier alpha value is -2.58. The molecule has 0 aromatic heterocycles. The number of carbonyl (C=O) groups excluding carboxylic acids is 1. The van der Waals surface area contributed by atoms with Gasteiger partial charge >= 0.3 is 0 Å². The predicted molar refractivity (Wildman–Crippen MR) is 124 cm³/mol. The number of nitrogens with one attached hydrogen (secondary N) is 1.